The normalized spacial score (nSPS) is 10.0. The van der Waals surface area contributed by atoms with Crippen LogP contribution in [0.1, 0.15) is 1.43 Å². The molecular formula is HBF4Li-. The van der Waals surface area contributed by atoms with E-state index in [0.717, 1.165) is 0 Å². The first-order valence-electron chi connectivity index (χ1n) is 0.873. The van der Waals surface area contributed by atoms with Gasteiger partial charge in [0.15, 0.2) is 0 Å². The first-order valence-corrected chi connectivity index (χ1v) is 0.873. The minimum atomic E-state index is -6.00. The quantitative estimate of drug-likeness (QED) is 0.251. The molecule has 0 aromatic heterocycles. The van der Waals surface area contributed by atoms with Crippen molar-refractivity contribution >= 4 is 7.25 Å². The van der Waals surface area contributed by atoms with E-state index < -0.39 is 7.25 Å². The summed E-state index contributed by atoms with van der Waals surface area (Å²) < 4.78 is 39.0. The van der Waals surface area contributed by atoms with Crippen LogP contribution < -0.4 is 18.9 Å². The molecule has 0 rings (SSSR count). The van der Waals surface area contributed by atoms with Gasteiger partial charge in [0.05, 0.1) is 0 Å². The predicted molar refractivity (Wildman–Crippen MR) is 11.3 cm³/mol. The third kappa shape index (κ3) is 343. The number of hydrogen-bond donors (Lipinski definition) is 0. The minimum absolute atomic E-state index is 0. The molecule has 0 aliphatic heterocycles. The van der Waals surface area contributed by atoms with E-state index in [4.69, 9.17) is 0 Å². The van der Waals surface area contributed by atoms with Crippen LogP contribution in [0.5, 0.6) is 0 Å². The number of hydrogen-bond acceptors (Lipinski definition) is 0. The summed E-state index contributed by atoms with van der Waals surface area (Å²) in [6.07, 6.45) is 0. The minimum Gasteiger partial charge on any atom is -1.00 e. The third-order valence-electron chi connectivity index (χ3n) is 0. The van der Waals surface area contributed by atoms with E-state index in [1.165, 1.54) is 0 Å². The van der Waals surface area contributed by atoms with Crippen molar-refractivity contribution in [3.8, 4) is 0 Å². The Morgan fingerprint density at radius 1 is 1.00 bits per heavy atom. The Labute approximate surface area is 45.7 Å². The maximum Gasteiger partial charge on any atom is 1.00 e. The Kier molecular flexibility index (Phi) is 4.07. The van der Waals surface area contributed by atoms with E-state index in [1.54, 1.807) is 0 Å². The molecule has 6 heteroatoms. The summed E-state index contributed by atoms with van der Waals surface area (Å²) in [7, 11) is -6.00. The molecule has 0 bridgehead atoms. The molecule has 0 saturated carbocycles. The molecule has 0 nitrogen and oxygen atoms in total. The molecule has 0 fully saturated rings. The average Bonchev–Trinajstić information content (AvgIpc) is 0.722. The molecule has 0 aliphatic carbocycles. The van der Waals surface area contributed by atoms with E-state index in [2.05, 4.69) is 0 Å². The van der Waals surface area contributed by atoms with Crippen LogP contribution >= 0.6 is 0 Å². The van der Waals surface area contributed by atoms with E-state index in [1.807, 2.05) is 0 Å². The molecule has 0 N–H and O–H groups in total. The van der Waals surface area contributed by atoms with Gasteiger partial charge in [0.1, 0.15) is 0 Å². The molecule has 6 heavy (non-hydrogen) atoms. The molecule has 0 aromatic rings. The molecule has 0 aliphatic rings. The maximum atomic E-state index is 9.75. The SMILES string of the molecule is F[B-](F)(F)F.[H-].[Li+]. The van der Waals surface area contributed by atoms with Gasteiger partial charge in [0.25, 0.3) is 0 Å². The Morgan fingerprint density at radius 3 is 1.00 bits per heavy atom. The maximum absolute atomic E-state index is 9.75. The average molecular weight is 94.8 g/mol. The topological polar surface area (TPSA) is 0 Å². The molecule has 0 saturated heterocycles. The molecule has 0 aromatic carbocycles. The fourth-order valence-electron chi connectivity index (χ4n) is 0. The van der Waals surface area contributed by atoms with E-state index >= 15 is 0 Å². The summed E-state index contributed by atoms with van der Waals surface area (Å²) in [5, 5.41) is 0. The number of rotatable bonds is 0. The summed E-state index contributed by atoms with van der Waals surface area (Å²) in [6.45, 7) is 0. The molecule has 34 valence electrons. The van der Waals surface area contributed by atoms with Gasteiger partial charge in [-0.2, -0.15) is 0 Å². The summed E-state index contributed by atoms with van der Waals surface area (Å²) in [5.74, 6) is 0. The zero-order chi connectivity index (χ0) is 4.50. The van der Waals surface area contributed by atoms with Gasteiger partial charge in [0, 0.05) is 0 Å². The standard InChI is InChI=1S/BF4.Li.H/c2-1(3,4)5;;/q-1;+1;-1. The van der Waals surface area contributed by atoms with Crippen molar-refractivity contribution in [2.75, 3.05) is 0 Å². The zero-order valence-electron chi connectivity index (χ0n) is 4.09. The Morgan fingerprint density at radius 2 is 1.00 bits per heavy atom. The van der Waals surface area contributed by atoms with Gasteiger partial charge < -0.3 is 18.7 Å². The van der Waals surface area contributed by atoms with Crippen LogP contribution in [0, 0.1) is 0 Å². The van der Waals surface area contributed by atoms with E-state index in [-0.39, 0.29) is 20.3 Å². The third-order valence-corrected chi connectivity index (χ3v) is 0. The van der Waals surface area contributed by atoms with Crippen LogP contribution in [0.3, 0.4) is 0 Å². The first-order chi connectivity index (χ1) is 2.00. The van der Waals surface area contributed by atoms with E-state index in [0.29, 0.717) is 0 Å². The Bertz CT molecular complexity index is 27.2. The van der Waals surface area contributed by atoms with Crippen molar-refractivity contribution in [1.29, 1.82) is 0 Å². The Balaban J connectivity index is -0.0000000800. The smallest absolute Gasteiger partial charge is 1.00 e. The fraction of sp³-hybridized carbons (Fsp3) is 0. The van der Waals surface area contributed by atoms with Crippen molar-refractivity contribution < 1.29 is 37.5 Å². The number of halogens is 4. The van der Waals surface area contributed by atoms with Gasteiger partial charge in [-0.25, -0.2) is 0 Å². The monoisotopic (exact) mass is 95.0 g/mol. The van der Waals surface area contributed by atoms with Crippen molar-refractivity contribution in [3.63, 3.8) is 0 Å². The molecule has 0 amide bonds. The summed E-state index contributed by atoms with van der Waals surface area (Å²) in [5.41, 5.74) is 0. The van der Waals surface area contributed by atoms with Gasteiger partial charge >= 0.3 is 26.1 Å². The first kappa shape index (κ1) is 9.63. The summed E-state index contributed by atoms with van der Waals surface area (Å²) >= 11 is 0. The zero-order valence-corrected chi connectivity index (χ0v) is 3.09. The van der Waals surface area contributed by atoms with Gasteiger partial charge in [-0.05, 0) is 0 Å². The van der Waals surface area contributed by atoms with Gasteiger partial charge in [0.2, 0.25) is 0 Å². The second kappa shape index (κ2) is 2.54. The van der Waals surface area contributed by atoms with Crippen LogP contribution in [-0.4, -0.2) is 7.25 Å². The Hall–Kier alpha value is 0.382. The van der Waals surface area contributed by atoms with Crippen LogP contribution in [0.25, 0.3) is 0 Å². The van der Waals surface area contributed by atoms with Crippen LogP contribution in [0.4, 0.5) is 17.3 Å². The largest absolute Gasteiger partial charge is 1.00 e. The predicted octanol–water partition coefficient (Wildman–Crippen LogP) is -1.58. The fourth-order valence-corrected chi connectivity index (χ4v) is 0. The molecule has 0 heterocycles. The van der Waals surface area contributed by atoms with Crippen LogP contribution in [0.15, 0.2) is 0 Å². The second-order valence-corrected chi connectivity index (χ2v) is 0.495. The van der Waals surface area contributed by atoms with Crippen LogP contribution in [-0.2, 0) is 0 Å². The molecule has 0 radical (unpaired) electrons. The van der Waals surface area contributed by atoms with Crippen molar-refractivity contribution in [2.45, 2.75) is 0 Å². The van der Waals surface area contributed by atoms with Crippen LogP contribution in [0.2, 0.25) is 0 Å². The van der Waals surface area contributed by atoms with Gasteiger partial charge in [-0.15, -0.1) is 0 Å². The second-order valence-electron chi connectivity index (χ2n) is 0.495. The van der Waals surface area contributed by atoms with Crippen molar-refractivity contribution in [1.82, 2.24) is 0 Å². The summed E-state index contributed by atoms with van der Waals surface area (Å²) in [4.78, 5) is 0. The van der Waals surface area contributed by atoms with Gasteiger partial charge in [-0.1, -0.05) is 0 Å². The molecule has 0 spiro atoms. The van der Waals surface area contributed by atoms with Crippen molar-refractivity contribution in [3.05, 3.63) is 0 Å². The van der Waals surface area contributed by atoms with Crippen molar-refractivity contribution in [2.24, 2.45) is 0 Å². The van der Waals surface area contributed by atoms with Gasteiger partial charge in [-0.3, -0.25) is 0 Å². The molecular weight excluding hydrogens is 93.7 g/mol. The molecule has 0 unspecified atom stereocenters. The van der Waals surface area contributed by atoms with E-state index in [9.17, 15) is 17.3 Å². The molecule has 0 atom stereocenters. The summed E-state index contributed by atoms with van der Waals surface area (Å²) in [6, 6.07) is 0.